The van der Waals surface area contributed by atoms with Crippen molar-refractivity contribution in [3.63, 3.8) is 0 Å². The van der Waals surface area contributed by atoms with Gasteiger partial charge < -0.3 is 5.32 Å². The fourth-order valence-corrected chi connectivity index (χ4v) is 4.06. The summed E-state index contributed by atoms with van der Waals surface area (Å²) in [4.78, 5) is 2.85. The zero-order chi connectivity index (χ0) is 15.7. The van der Waals surface area contributed by atoms with Crippen LogP contribution >= 0.6 is 0 Å². The molecule has 2 heteroatoms. The van der Waals surface area contributed by atoms with Gasteiger partial charge in [0, 0.05) is 18.1 Å². The Kier molecular flexibility index (Phi) is 9.59. The zero-order valence-electron chi connectivity index (χ0n) is 15.3. The van der Waals surface area contributed by atoms with Crippen molar-refractivity contribution in [2.24, 2.45) is 5.92 Å². The quantitative estimate of drug-likeness (QED) is 0.621. The molecule has 0 heterocycles. The molecule has 0 aromatic heterocycles. The maximum absolute atomic E-state index is 3.79. The van der Waals surface area contributed by atoms with Gasteiger partial charge in [-0.15, -0.1) is 0 Å². The second-order valence-corrected chi connectivity index (χ2v) is 7.05. The van der Waals surface area contributed by atoms with E-state index >= 15 is 0 Å². The Balaban J connectivity index is 2.78. The lowest BCUT2D eigenvalue weighted by Gasteiger charge is -2.45. The molecule has 1 fully saturated rings. The first kappa shape index (κ1) is 19.0. The fourth-order valence-electron chi connectivity index (χ4n) is 4.06. The summed E-state index contributed by atoms with van der Waals surface area (Å²) in [6.07, 6.45) is 10.9. The minimum Gasteiger partial charge on any atom is -0.313 e. The normalized spacial score (nSPS) is 28.0. The minimum absolute atomic E-state index is 0.717. The first-order chi connectivity index (χ1) is 10.2. The highest BCUT2D eigenvalue weighted by atomic mass is 15.2. The van der Waals surface area contributed by atoms with Gasteiger partial charge in [0.05, 0.1) is 0 Å². The summed E-state index contributed by atoms with van der Waals surface area (Å²) in [7, 11) is 0. The lowest BCUT2D eigenvalue weighted by molar-refractivity contribution is 0.0610. The van der Waals surface area contributed by atoms with Gasteiger partial charge in [-0.3, -0.25) is 4.90 Å². The second kappa shape index (κ2) is 10.6. The largest absolute Gasteiger partial charge is 0.313 e. The van der Waals surface area contributed by atoms with E-state index in [1.165, 1.54) is 57.9 Å². The van der Waals surface area contributed by atoms with Crippen LogP contribution in [0.15, 0.2) is 0 Å². The van der Waals surface area contributed by atoms with E-state index in [2.05, 4.69) is 44.8 Å². The van der Waals surface area contributed by atoms with E-state index in [1.807, 2.05) is 0 Å². The Morgan fingerprint density at radius 1 is 1.10 bits per heavy atom. The van der Waals surface area contributed by atoms with Gasteiger partial charge in [0.25, 0.3) is 0 Å². The Morgan fingerprint density at radius 3 is 2.43 bits per heavy atom. The van der Waals surface area contributed by atoms with Gasteiger partial charge in [-0.25, -0.2) is 0 Å². The molecule has 0 aliphatic heterocycles. The maximum Gasteiger partial charge on any atom is 0.0254 e. The van der Waals surface area contributed by atoms with Gasteiger partial charge in [-0.05, 0) is 58.0 Å². The lowest BCUT2D eigenvalue weighted by Crippen LogP contribution is -2.55. The average Bonchev–Trinajstić information content (AvgIpc) is 2.50. The molecule has 4 atom stereocenters. The Hall–Kier alpha value is -0.0800. The Morgan fingerprint density at radius 2 is 1.86 bits per heavy atom. The van der Waals surface area contributed by atoms with Crippen molar-refractivity contribution in [2.45, 2.75) is 104 Å². The molecule has 0 aromatic rings. The SMILES string of the molecule is CCCCN(C(C)CC)C1CC(CCC)CCC1NCC. The molecule has 2 nitrogen and oxygen atoms in total. The summed E-state index contributed by atoms with van der Waals surface area (Å²) in [5, 5.41) is 3.79. The van der Waals surface area contributed by atoms with E-state index in [1.54, 1.807) is 0 Å². The van der Waals surface area contributed by atoms with Crippen molar-refractivity contribution in [1.29, 1.82) is 0 Å². The third kappa shape index (κ3) is 5.90. The second-order valence-electron chi connectivity index (χ2n) is 7.05. The number of unbranched alkanes of at least 4 members (excludes halogenated alkanes) is 1. The predicted molar refractivity (Wildman–Crippen MR) is 94.9 cm³/mol. The van der Waals surface area contributed by atoms with Crippen LogP contribution < -0.4 is 5.32 Å². The van der Waals surface area contributed by atoms with E-state index in [0.717, 1.165) is 24.5 Å². The van der Waals surface area contributed by atoms with Crippen LogP contribution in [0.25, 0.3) is 0 Å². The van der Waals surface area contributed by atoms with Crippen molar-refractivity contribution < 1.29 is 0 Å². The average molecular weight is 297 g/mol. The topological polar surface area (TPSA) is 15.3 Å². The lowest BCUT2D eigenvalue weighted by atomic mass is 9.79. The number of likely N-dealkylation sites (N-methyl/N-ethyl adjacent to an activating group) is 1. The standard InChI is InChI=1S/C19H40N2/c1-6-10-14-21(16(5)8-3)19-15-17(11-7-2)12-13-18(19)20-9-4/h16-20H,6-15H2,1-5H3. The summed E-state index contributed by atoms with van der Waals surface area (Å²) in [6.45, 7) is 14.1. The van der Waals surface area contributed by atoms with Gasteiger partial charge >= 0.3 is 0 Å². The molecule has 0 amide bonds. The van der Waals surface area contributed by atoms with Crippen LogP contribution in [0, 0.1) is 5.92 Å². The van der Waals surface area contributed by atoms with Crippen LogP contribution in [-0.4, -0.2) is 36.1 Å². The molecule has 1 aliphatic rings. The molecular weight excluding hydrogens is 256 g/mol. The fraction of sp³-hybridized carbons (Fsp3) is 1.00. The predicted octanol–water partition coefficient (Wildman–Crippen LogP) is 4.83. The molecule has 0 radical (unpaired) electrons. The van der Waals surface area contributed by atoms with E-state index in [4.69, 9.17) is 0 Å². The van der Waals surface area contributed by atoms with Crippen LogP contribution in [0.4, 0.5) is 0 Å². The number of nitrogens with zero attached hydrogens (tertiary/aromatic N) is 1. The van der Waals surface area contributed by atoms with Crippen molar-refractivity contribution in [1.82, 2.24) is 10.2 Å². The van der Waals surface area contributed by atoms with Crippen LogP contribution in [0.5, 0.6) is 0 Å². The molecule has 4 unspecified atom stereocenters. The van der Waals surface area contributed by atoms with Crippen LogP contribution in [0.3, 0.4) is 0 Å². The summed E-state index contributed by atoms with van der Waals surface area (Å²) in [5.74, 6) is 0.961. The molecule has 0 bridgehead atoms. The Labute approximate surface area is 134 Å². The molecule has 1 N–H and O–H groups in total. The van der Waals surface area contributed by atoms with Crippen molar-refractivity contribution in [3.8, 4) is 0 Å². The highest BCUT2D eigenvalue weighted by molar-refractivity contribution is 4.92. The van der Waals surface area contributed by atoms with E-state index in [0.29, 0.717) is 6.04 Å². The number of rotatable bonds is 10. The van der Waals surface area contributed by atoms with Crippen LogP contribution in [0.2, 0.25) is 0 Å². The summed E-state index contributed by atoms with van der Waals surface area (Å²) < 4.78 is 0. The van der Waals surface area contributed by atoms with E-state index < -0.39 is 0 Å². The molecule has 0 aromatic carbocycles. The van der Waals surface area contributed by atoms with Gasteiger partial charge in [0.15, 0.2) is 0 Å². The molecular formula is C19H40N2. The maximum atomic E-state index is 3.79. The first-order valence-corrected chi connectivity index (χ1v) is 9.66. The molecule has 0 spiro atoms. The van der Waals surface area contributed by atoms with Crippen molar-refractivity contribution >= 4 is 0 Å². The molecule has 21 heavy (non-hydrogen) atoms. The van der Waals surface area contributed by atoms with Crippen LogP contribution in [0.1, 0.15) is 86.0 Å². The highest BCUT2D eigenvalue weighted by Gasteiger charge is 2.34. The number of hydrogen-bond donors (Lipinski definition) is 1. The molecule has 1 rings (SSSR count). The first-order valence-electron chi connectivity index (χ1n) is 9.66. The van der Waals surface area contributed by atoms with Crippen molar-refractivity contribution in [3.05, 3.63) is 0 Å². The van der Waals surface area contributed by atoms with Crippen molar-refractivity contribution in [2.75, 3.05) is 13.1 Å². The summed E-state index contributed by atoms with van der Waals surface area (Å²) in [6, 6.07) is 2.20. The smallest absolute Gasteiger partial charge is 0.0254 e. The monoisotopic (exact) mass is 296 g/mol. The van der Waals surface area contributed by atoms with Gasteiger partial charge in [-0.1, -0.05) is 47.0 Å². The third-order valence-electron chi connectivity index (χ3n) is 5.44. The molecule has 126 valence electrons. The zero-order valence-corrected chi connectivity index (χ0v) is 15.3. The van der Waals surface area contributed by atoms with Crippen LogP contribution in [-0.2, 0) is 0 Å². The minimum atomic E-state index is 0.717. The van der Waals surface area contributed by atoms with E-state index in [-0.39, 0.29) is 0 Å². The highest BCUT2D eigenvalue weighted by Crippen LogP contribution is 2.32. The van der Waals surface area contributed by atoms with Gasteiger partial charge in [0.2, 0.25) is 0 Å². The van der Waals surface area contributed by atoms with Gasteiger partial charge in [0.1, 0.15) is 0 Å². The molecule has 1 saturated carbocycles. The summed E-state index contributed by atoms with van der Waals surface area (Å²) in [5.41, 5.74) is 0. The number of hydrogen-bond acceptors (Lipinski definition) is 2. The van der Waals surface area contributed by atoms with Gasteiger partial charge in [-0.2, -0.15) is 0 Å². The Bertz CT molecular complexity index is 254. The van der Waals surface area contributed by atoms with E-state index in [9.17, 15) is 0 Å². The third-order valence-corrected chi connectivity index (χ3v) is 5.44. The summed E-state index contributed by atoms with van der Waals surface area (Å²) >= 11 is 0. The molecule has 0 saturated heterocycles. The molecule has 1 aliphatic carbocycles. The number of nitrogens with one attached hydrogen (secondary N) is 1.